The van der Waals surface area contributed by atoms with Crippen LogP contribution in [0.25, 0.3) is 6.08 Å². The summed E-state index contributed by atoms with van der Waals surface area (Å²) in [5.41, 5.74) is 0.849. The third-order valence-electron chi connectivity index (χ3n) is 2.50. The van der Waals surface area contributed by atoms with Gasteiger partial charge in [-0.15, -0.1) is 11.3 Å². The van der Waals surface area contributed by atoms with Gasteiger partial charge in [-0.2, -0.15) is 0 Å². The quantitative estimate of drug-likeness (QED) is 0.816. The lowest BCUT2D eigenvalue weighted by Crippen LogP contribution is -2.32. The van der Waals surface area contributed by atoms with Crippen LogP contribution >= 0.6 is 11.3 Å². The van der Waals surface area contributed by atoms with E-state index in [2.05, 4.69) is 0 Å². The van der Waals surface area contributed by atoms with Crippen LogP contribution in [-0.2, 0) is 21.4 Å². The van der Waals surface area contributed by atoms with Gasteiger partial charge < -0.3 is 5.11 Å². The van der Waals surface area contributed by atoms with Crippen molar-refractivity contribution in [3.05, 3.63) is 28.0 Å². The molecular formula is C12H17NO4S2. The second kappa shape index (κ2) is 6.31. The highest BCUT2D eigenvalue weighted by Gasteiger charge is 2.22. The van der Waals surface area contributed by atoms with E-state index in [1.54, 1.807) is 27.0 Å². The minimum Gasteiger partial charge on any atom is -0.478 e. The number of nitrogens with zero attached hydrogens (tertiary/aromatic N) is 1. The first-order valence-electron chi connectivity index (χ1n) is 5.67. The molecule has 0 aromatic carbocycles. The van der Waals surface area contributed by atoms with Crippen molar-refractivity contribution in [1.29, 1.82) is 0 Å². The molecule has 0 aliphatic carbocycles. The molecule has 0 unspecified atom stereocenters. The molecule has 0 atom stereocenters. The summed E-state index contributed by atoms with van der Waals surface area (Å²) in [6.45, 7) is 3.57. The molecule has 5 nitrogen and oxygen atoms in total. The van der Waals surface area contributed by atoms with Crippen molar-refractivity contribution >= 4 is 33.4 Å². The van der Waals surface area contributed by atoms with Gasteiger partial charge in [0.05, 0.1) is 5.25 Å². The minimum absolute atomic E-state index is 0.290. The Hall–Kier alpha value is -1.18. The van der Waals surface area contributed by atoms with Crippen molar-refractivity contribution in [2.45, 2.75) is 25.6 Å². The lowest BCUT2D eigenvalue weighted by atomic mass is 10.3. The SMILES string of the molecule is CC(C)S(=O)(=O)N(C)Cc1csc(C=CC(=O)O)c1. The smallest absolute Gasteiger partial charge is 0.328 e. The Morgan fingerprint density at radius 3 is 2.68 bits per heavy atom. The topological polar surface area (TPSA) is 74.7 Å². The third kappa shape index (κ3) is 4.45. The average molecular weight is 303 g/mol. The van der Waals surface area contributed by atoms with E-state index in [9.17, 15) is 13.2 Å². The number of hydrogen-bond acceptors (Lipinski definition) is 4. The number of hydrogen-bond donors (Lipinski definition) is 1. The first-order chi connectivity index (χ1) is 8.73. The second-order valence-electron chi connectivity index (χ2n) is 4.38. The summed E-state index contributed by atoms with van der Waals surface area (Å²) in [6.07, 6.45) is 2.55. The number of carboxylic acid groups (broad SMARTS) is 1. The predicted molar refractivity (Wildman–Crippen MR) is 76.5 cm³/mol. The standard InChI is InChI=1S/C12H17NO4S2/c1-9(2)19(16,17)13(3)7-10-6-11(18-8-10)4-5-12(14)15/h4-6,8-9H,7H2,1-3H3,(H,14,15). The van der Waals surface area contributed by atoms with Gasteiger partial charge >= 0.3 is 5.97 Å². The van der Waals surface area contributed by atoms with E-state index in [4.69, 9.17) is 5.11 Å². The third-order valence-corrected chi connectivity index (χ3v) is 5.64. The normalized spacial score (nSPS) is 12.7. The molecule has 0 amide bonds. The highest BCUT2D eigenvalue weighted by Crippen LogP contribution is 2.19. The van der Waals surface area contributed by atoms with Crippen LogP contribution in [0.4, 0.5) is 0 Å². The maximum Gasteiger partial charge on any atom is 0.328 e. The van der Waals surface area contributed by atoms with Gasteiger partial charge in [0, 0.05) is 24.5 Å². The zero-order valence-corrected chi connectivity index (χ0v) is 12.7. The van der Waals surface area contributed by atoms with Crippen LogP contribution in [0, 0.1) is 0 Å². The van der Waals surface area contributed by atoms with Gasteiger partial charge in [0.1, 0.15) is 0 Å². The zero-order chi connectivity index (χ0) is 14.6. The fraction of sp³-hybridized carbons (Fsp3) is 0.417. The van der Waals surface area contributed by atoms with Crippen molar-refractivity contribution in [1.82, 2.24) is 4.31 Å². The number of carbonyl (C=O) groups is 1. The molecule has 0 saturated heterocycles. The van der Waals surface area contributed by atoms with Crippen LogP contribution in [0.3, 0.4) is 0 Å². The van der Waals surface area contributed by atoms with Crippen molar-refractivity contribution in [3.63, 3.8) is 0 Å². The molecule has 1 N–H and O–H groups in total. The molecule has 7 heteroatoms. The Bertz CT molecular complexity index is 572. The van der Waals surface area contributed by atoms with Crippen LogP contribution in [0.1, 0.15) is 24.3 Å². The van der Waals surface area contributed by atoms with Gasteiger partial charge in [0.15, 0.2) is 0 Å². The van der Waals surface area contributed by atoms with Crippen molar-refractivity contribution in [2.75, 3.05) is 7.05 Å². The van der Waals surface area contributed by atoms with Crippen molar-refractivity contribution in [2.24, 2.45) is 0 Å². The van der Waals surface area contributed by atoms with E-state index in [0.717, 1.165) is 16.5 Å². The van der Waals surface area contributed by atoms with Crippen LogP contribution in [0.15, 0.2) is 17.5 Å². The molecule has 1 heterocycles. The summed E-state index contributed by atoms with van der Waals surface area (Å²) in [4.78, 5) is 11.2. The Balaban J connectivity index is 2.77. The number of aliphatic carboxylic acids is 1. The number of sulfonamides is 1. The molecule has 106 valence electrons. The van der Waals surface area contributed by atoms with Crippen LogP contribution < -0.4 is 0 Å². The van der Waals surface area contributed by atoms with Gasteiger partial charge in [-0.25, -0.2) is 17.5 Å². The van der Waals surface area contributed by atoms with Gasteiger partial charge in [0.25, 0.3) is 0 Å². The molecule has 1 aromatic heterocycles. The maximum atomic E-state index is 11.9. The molecule has 0 aliphatic rings. The first-order valence-corrected chi connectivity index (χ1v) is 8.05. The molecule has 1 aromatic rings. The highest BCUT2D eigenvalue weighted by atomic mass is 32.2. The molecule has 0 spiro atoms. The second-order valence-corrected chi connectivity index (χ2v) is 7.92. The van der Waals surface area contributed by atoms with E-state index < -0.39 is 21.2 Å². The molecule has 19 heavy (non-hydrogen) atoms. The van der Waals surface area contributed by atoms with Gasteiger partial charge in [0.2, 0.25) is 10.0 Å². The highest BCUT2D eigenvalue weighted by molar-refractivity contribution is 7.89. The first kappa shape index (κ1) is 15.9. The maximum absolute atomic E-state index is 11.9. The van der Waals surface area contributed by atoms with E-state index in [0.29, 0.717) is 0 Å². The summed E-state index contributed by atoms with van der Waals surface area (Å²) in [7, 11) is -1.72. The molecule has 0 radical (unpaired) electrons. The molecule has 1 rings (SSSR count). The number of carboxylic acids is 1. The fourth-order valence-corrected chi connectivity index (χ4v) is 3.27. The summed E-state index contributed by atoms with van der Waals surface area (Å²) in [5.74, 6) is -1.01. The van der Waals surface area contributed by atoms with Crippen LogP contribution in [-0.4, -0.2) is 36.1 Å². The van der Waals surface area contributed by atoms with Crippen molar-refractivity contribution < 1.29 is 18.3 Å². The zero-order valence-electron chi connectivity index (χ0n) is 11.0. The molecule has 0 bridgehead atoms. The van der Waals surface area contributed by atoms with E-state index in [-0.39, 0.29) is 6.54 Å². The summed E-state index contributed by atoms with van der Waals surface area (Å²) >= 11 is 1.38. The van der Waals surface area contributed by atoms with Gasteiger partial charge in [-0.05, 0) is 36.9 Å². The van der Waals surface area contributed by atoms with Crippen molar-refractivity contribution in [3.8, 4) is 0 Å². The predicted octanol–water partition coefficient (Wildman–Crippen LogP) is 2.02. The number of thiophene rings is 1. The largest absolute Gasteiger partial charge is 0.478 e. The lowest BCUT2D eigenvalue weighted by molar-refractivity contribution is -0.131. The van der Waals surface area contributed by atoms with Crippen LogP contribution in [0.5, 0.6) is 0 Å². The Kier molecular flexibility index (Phi) is 5.28. The van der Waals surface area contributed by atoms with E-state index >= 15 is 0 Å². The fourth-order valence-electron chi connectivity index (χ4n) is 1.43. The van der Waals surface area contributed by atoms with Gasteiger partial charge in [-0.1, -0.05) is 0 Å². The monoisotopic (exact) mass is 303 g/mol. The molecular weight excluding hydrogens is 286 g/mol. The minimum atomic E-state index is -3.27. The molecule has 0 fully saturated rings. The molecule has 0 saturated carbocycles. The summed E-state index contributed by atoms with van der Waals surface area (Å²) in [6, 6.07) is 1.79. The van der Waals surface area contributed by atoms with Crippen LogP contribution in [0.2, 0.25) is 0 Å². The Labute approximate surface area is 117 Å². The lowest BCUT2D eigenvalue weighted by Gasteiger charge is -2.18. The Morgan fingerprint density at radius 2 is 2.16 bits per heavy atom. The average Bonchev–Trinajstić information content (AvgIpc) is 2.73. The summed E-state index contributed by atoms with van der Waals surface area (Å²) < 4.78 is 25.1. The Morgan fingerprint density at radius 1 is 1.53 bits per heavy atom. The van der Waals surface area contributed by atoms with E-state index in [1.807, 2.05) is 5.38 Å². The summed E-state index contributed by atoms with van der Waals surface area (Å²) in [5, 5.41) is 9.90. The molecule has 0 aliphatic heterocycles. The number of rotatable bonds is 6. The van der Waals surface area contributed by atoms with Gasteiger partial charge in [-0.3, -0.25) is 0 Å². The van der Waals surface area contributed by atoms with E-state index in [1.165, 1.54) is 21.7 Å².